The van der Waals surface area contributed by atoms with E-state index in [1.807, 2.05) is 0 Å². The van der Waals surface area contributed by atoms with Crippen LogP contribution in [0.25, 0.3) is 0 Å². The molecule has 0 bridgehead atoms. The number of aromatic nitrogens is 4. The summed E-state index contributed by atoms with van der Waals surface area (Å²) in [6.07, 6.45) is 1.44. The van der Waals surface area contributed by atoms with Crippen LogP contribution in [0.1, 0.15) is 22.1 Å². The number of hydrogen-bond acceptors (Lipinski definition) is 5. The maximum absolute atomic E-state index is 11.4. The van der Waals surface area contributed by atoms with Gasteiger partial charge in [-0.1, -0.05) is 5.16 Å². The molecule has 0 radical (unpaired) electrons. The number of nitrogens with one attached hydrogen (secondary N) is 2. The first-order valence-corrected chi connectivity index (χ1v) is 4.32. The minimum absolute atomic E-state index is 0.121. The van der Waals surface area contributed by atoms with Crippen molar-refractivity contribution in [1.82, 2.24) is 25.7 Å². The molecule has 0 aromatic carbocycles. The summed E-state index contributed by atoms with van der Waals surface area (Å²) in [5.74, 6) is 0.375. The van der Waals surface area contributed by atoms with Crippen molar-refractivity contribution in [3.8, 4) is 0 Å². The molecule has 0 aliphatic heterocycles. The first-order chi connectivity index (χ1) is 7.25. The lowest BCUT2D eigenvalue weighted by molar-refractivity contribution is 0.0940. The van der Waals surface area contributed by atoms with Crippen LogP contribution in [0, 0.1) is 6.92 Å². The molecule has 0 spiro atoms. The van der Waals surface area contributed by atoms with E-state index in [0.29, 0.717) is 18.1 Å². The molecule has 0 saturated heterocycles. The van der Waals surface area contributed by atoms with Crippen molar-refractivity contribution < 1.29 is 9.32 Å². The van der Waals surface area contributed by atoms with Gasteiger partial charge in [0.2, 0.25) is 5.82 Å². The van der Waals surface area contributed by atoms with Gasteiger partial charge in [-0.25, -0.2) is 4.98 Å². The zero-order chi connectivity index (χ0) is 10.7. The Morgan fingerprint density at radius 2 is 2.53 bits per heavy atom. The minimum atomic E-state index is -0.345. The normalized spacial score (nSPS) is 10.2. The Balaban J connectivity index is 1.93. The summed E-state index contributed by atoms with van der Waals surface area (Å²) < 4.78 is 4.62. The topological polar surface area (TPSA) is 96.7 Å². The third-order valence-corrected chi connectivity index (χ3v) is 1.72. The molecule has 0 atom stereocenters. The number of H-pyrrole nitrogens is 1. The monoisotopic (exact) mass is 207 g/mol. The van der Waals surface area contributed by atoms with Gasteiger partial charge in [-0.2, -0.15) is 0 Å². The smallest absolute Gasteiger partial charge is 0.291 e. The van der Waals surface area contributed by atoms with Gasteiger partial charge in [0.25, 0.3) is 5.91 Å². The lowest BCUT2D eigenvalue weighted by atomic mass is 10.4. The van der Waals surface area contributed by atoms with Crippen molar-refractivity contribution in [2.45, 2.75) is 13.5 Å². The molecule has 2 N–H and O–H groups in total. The number of carbonyl (C=O) groups excluding carboxylic acids is 1. The SMILES string of the molecule is Cc1nc(C(=O)NCc2ccon2)n[nH]1. The maximum Gasteiger partial charge on any atom is 0.291 e. The number of carbonyl (C=O) groups is 1. The predicted octanol–water partition coefficient (Wildman–Crippen LogP) is 0.0311. The largest absolute Gasteiger partial charge is 0.364 e. The van der Waals surface area contributed by atoms with Crippen LogP contribution in [0.2, 0.25) is 0 Å². The van der Waals surface area contributed by atoms with E-state index in [2.05, 4.69) is 30.2 Å². The van der Waals surface area contributed by atoms with E-state index in [9.17, 15) is 4.79 Å². The molecule has 0 saturated carbocycles. The van der Waals surface area contributed by atoms with Crippen LogP contribution in [-0.4, -0.2) is 26.2 Å². The number of amides is 1. The Morgan fingerprint density at radius 1 is 1.67 bits per heavy atom. The van der Waals surface area contributed by atoms with Crippen LogP contribution in [0.5, 0.6) is 0 Å². The van der Waals surface area contributed by atoms with Gasteiger partial charge in [0.15, 0.2) is 0 Å². The molecule has 15 heavy (non-hydrogen) atoms. The Labute approximate surface area is 84.9 Å². The molecule has 2 heterocycles. The van der Waals surface area contributed by atoms with Gasteiger partial charge in [0.1, 0.15) is 17.8 Å². The minimum Gasteiger partial charge on any atom is -0.364 e. The summed E-state index contributed by atoms with van der Waals surface area (Å²) in [6.45, 7) is 2.02. The van der Waals surface area contributed by atoms with Gasteiger partial charge in [-0.3, -0.25) is 9.89 Å². The summed E-state index contributed by atoms with van der Waals surface area (Å²) in [5, 5.41) is 12.6. The van der Waals surface area contributed by atoms with Crippen LogP contribution in [-0.2, 0) is 6.54 Å². The zero-order valence-corrected chi connectivity index (χ0v) is 8.02. The van der Waals surface area contributed by atoms with Crippen LogP contribution < -0.4 is 5.32 Å². The van der Waals surface area contributed by atoms with Gasteiger partial charge in [-0.15, -0.1) is 5.10 Å². The highest BCUT2D eigenvalue weighted by molar-refractivity contribution is 5.90. The Kier molecular flexibility index (Phi) is 2.44. The molecule has 2 aromatic rings. The fraction of sp³-hybridized carbons (Fsp3) is 0.250. The second kappa shape index (κ2) is 3.91. The molecule has 0 unspecified atom stereocenters. The lowest BCUT2D eigenvalue weighted by Crippen LogP contribution is -2.24. The quantitative estimate of drug-likeness (QED) is 0.740. The highest BCUT2D eigenvalue weighted by Crippen LogP contribution is 1.95. The molecular formula is C8H9N5O2. The summed E-state index contributed by atoms with van der Waals surface area (Å²) in [6, 6.07) is 1.67. The average Bonchev–Trinajstić information content (AvgIpc) is 2.84. The van der Waals surface area contributed by atoms with E-state index in [1.165, 1.54) is 6.26 Å². The van der Waals surface area contributed by atoms with Gasteiger partial charge < -0.3 is 9.84 Å². The Hall–Kier alpha value is -2.18. The van der Waals surface area contributed by atoms with Crippen molar-refractivity contribution in [3.63, 3.8) is 0 Å². The van der Waals surface area contributed by atoms with E-state index >= 15 is 0 Å². The van der Waals surface area contributed by atoms with Gasteiger partial charge >= 0.3 is 0 Å². The van der Waals surface area contributed by atoms with Crippen LogP contribution in [0.3, 0.4) is 0 Å². The lowest BCUT2D eigenvalue weighted by Gasteiger charge is -1.97. The second-order valence-electron chi connectivity index (χ2n) is 2.92. The number of hydrogen-bond donors (Lipinski definition) is 2. The van der Waals surface area contributed by atoms with Crippen molar-refractivity contribution in [1.29, 1.82) is 0 Å². The summed E-state index contributed by atoms with van der Waals surface area (Å²) >= 11 is 0. The first kappa shape index (κ1) is 9.38. The Morgan fingerprint density at radius 3 is 3.13 bits per heavy atom. The maximum atomic E-state index is 11.4. The van der Waals surface area contributed by atoms with Crippen LogP contribution in [0.4, 0.5) is 0 Å². The number of rotatable bonds is 3. The fourth-order valence-electron chi connectivity index (χ4n) is 1.02. The molecule has 1 amide bonds. The van der Waals surface area contributed by atoms with Crippen molar-refractivity contribution in [2.24, 2.45) is 0 Å². The molecule has 0 aliphatic carbocycles. The Bertz CT molecular complexity index is 447. The molecular weight excluding hydrogens is 198 g/mol. The summed E-state index contributed by atoms with van der Waals surface area (Å²) in [7, 11) is 0. The molecule has 7 nitrogen and oxygen atoms in total. The molecule has 78 valence electrons. The molecule has 0 fully saturated rings. The van der Waals surface area contributed by atoms with Gasteiger partial charge in [0.05, 0.1) is 6.54 Å². The van der Waals surface area contributed by atoms with Crippen LogP contribution in [0.15, 0.2) is 16.9 Å². The van der Waals surface area contributed by atoms with Gasteiger partial charge in [-0.05, 0) is 6.92 Å². The third kappa shape index (κ3) is 2.19. The molecule has 7 heteroatoms. The van der Waals surface area contributed by atoms with Crippen molar-refractivity contribution in [3.05, 3.63) is 29.7 Å². The highest BCUT2D eigenvalue weighted by atomic mass is 16.5. The van der Waals surface area contributed by atoms with E-state index in [0.717, 1.165) is 0 Å². The zero-order valence-electron chi connectivity index (χ0n) is 8.02. The first-order valence-electron chi connectivity index (χ1n) is 4.32. The van der Waals surface area contributed by atoms with E-state index in [1.54, 1.807) is 13.0 Å². The third-order valence-electron chi connectivity index (χ3n) is 1.72. The molecule has 0 aliphatic rings. The molecule has 2 aromatic heterocycles. The van der Waals surface area contributed by atoms with Crippen LogP contribution >= 0.6 is 0 Å². The number of aryl methyl sites for hydroxylation is 1. The summed E-state index contributed by atoms with van der Waals surface area (Å²) in [5.41, 5.74) is 0.649. The number of nitrogens with zero attached hydrogens (tertiary/aromatic N) is 3. The van der Waals surface area contributed by atoms with Gasteiger partial charge in [0, 0.05) is 6.07 Å². The standard InChI is InChI=1S/C8H9N5O2/c1-5-10-7(12-11-5)8(14)9-4-6-2-3-15-13-6/h2-3H,4H2,1H3,(H,9,14)(H,10,11,12). The molecule has 2 rings (SSSR count). The van der Waals surface area contributed by atoms with E-state index < -0.39 is 0 Å². The van der Waals surface area contributed by atoms with Crippen molar-refractivity contribution >= 4 is 5.91 Å². The second-order valence-corrected chi connectivity index (χ2v) is 2.92. The fourth-order valence-corrected chi connectivity index (χ4v) is 1.02. The number of aromatic amines is 1. The predicted molar refractivity (Wildman–Crippen MR) is 48.8 cm³/mol. The summed E-state index contributed by atoms with van der Waals surface area (Å²) in [4.78, 5) is 15.3. The highest BCUT2D eigenvalue weighted by Gasteiger charge is 2.10. The van der Waals surface area contributed by atoms with Crippen molar-refractivity contribution in [2.75, 3.05) is 0 Å². The van der Waals surface area contributed by atoms with E-state index in [4.69, 9.17) is 0 Å². The average molecular weight is 207 g/mol. The van der Waals surface area contributed by atoms with E-state index in [-0.39, 0.29) is 11.7 Å².